The Labute approximate surface area is 84.5 Å². The van der Waals surface area contributed by atoms with E-state index in [9.17, 15) is 0 Å². The van der Waals surface area contributed by atoms with E-state index < -0.39 is 0 Å². The molecule has 0 aromatic heterocycles. The summed E-state index contributed by atoms with van der Waals surface area (Å²) in [5.41, 5.74) is 0. The van der Waals surface area contributed by atoms with Gasteiger partial charge in [0.15, 0.2) is 0 Å². The van der Waals surface area contributed by atoms with Crippen LogP contribution >= 0.6 is 0 Å². The van der Waals surface area contributed by atoms with Crippen molar-refractivity contribution < 1.29 is 0 Å². The molecule has 80 valence electrons. The average molecular weight is 185 g/mol. The molecule has 0 fully saturated rings. The maximum atomic E-state index is 2.46. The zero-order valence-corrected chi connectivity index (χ0v) is 10.3. The van der Waals surface area contributed by atoms with Gasteiger partial charge in [-0.3, -0.25) is 0 Å². The molecule has 0 amide bonds. The smallest absolute Gasteiger partial charge is 0.00665 e. The quantitative estimate of drug-likeness (QED) is 0.612. The van der Waals surface area contributed by atoms with Crippen molar-refractivity contribution in [3.05, 3.63) is 0 Å². The van der Waals surface area contributed by atoms with Crippen molar-refractivity contribution in [2.45, 2.75) is 66.0 Å². The van der Waals surface area contributed by atoms with Gasteiger partial charge in [-0.1, -0.05) is 26.7 Å². The Morgan fingerprint density at radius 3 is 1.85 bits per heavy atom. The lowest BCUT2D eigenvalue weighted by molar-refractivity contribution is 0.194. The fourth-order valence-corrected chi connectivity index (χ4v) is 1.53. The first kappa shape index (κ1) is 13.0. The van der Waals surface area contributed by atoms with Gasteiger partial charge in [0.1, 0.15) is 0 Å². The molecule has 1 atom stereocenters. The largest absolute Gasteiger partial charge is 0.301 e. The summed E-state index contributed by atoms with van der Waals surface area (Å²) < 4.78 is 0. The van der Waals surface area contributed by atoms with E-state index in [2.05, 4.69) is 46.6 Å². The highest BCUT2D eigenvalue weighted by Gasteiger charge is 2.11. The minimum atomic E-state index is 0.675. The predicted molar refractivity (Wildman–Crippen MR) is 61.1 cm³/mol. The number of hydrogen-bond acceptors (Lipinski definition) is 1. The third kappa shape index (κ3) is 6.09. The van der Waals surface area contributed by atoms with Gasteiger partial charge in [0.2, 0.25) is 0 Å². The Balaban J connectivity index is 3.55. The normalized spacial score (nSPS) is 14.5. The van der Waals surface area contributed by atoms with Crippen LogP contribution in [0.15, 0.2) is 0 Å². The first-order valence-corrected chi connectivity index (χ1v) is 5.67. The summed E-state index contributed by atoms with van der Waals surface area (Å²) in [7, 11) is 2.23. The van der Waals surface area contributed by atoms with Crippen molar-refractivity contribution in [1.29, 1.82) is 0 Å². The molecule has 0 heterocycles. The summed E-state index contributed by atoms with van der Waals surface area (Å²) in [5.74, 6) is 0.858. The molecule has 0 rings (SSSR count). The molecule has 1 heteroatoms. The molecule has 0 N–H and O–H groups in total. The lowest BCUT2D eigenvalue weighted by Gasteiger charge is -2.28. The van der Waals surface area contributed by atoms with Crippen LogP contribution in [0.2, 0.25) is 0 Å². The summed E-state index contributed by atoms with van der Waals surface area (Å²) in [4.78, 5) is 2.46. The van der Waals surface area contributed by atoms with E-state index in [4.69, 9.17) is 0 Å². The van der Waals surface area contributed by atoms with E-state index in [0.29, 0.717) is 6.04 Å². The van der Waals surface area contributed by atoms with Crippen LogP contribution < -0.4 is 0 Å². The zero-order valence-electron chi connectivity index (χ0n) is 10.3. The third-order valence-electron chi connectivity index (χ3n) is 2.91. The zero-order chi connectivity index (χ0) is 10.4. The predicted octanol–water partition coefficient (Wildman–Crippen LogP) is 3.54. The van der Waals surface area contributed by atoms with Gasteiger partial charge in [-0.2, -0.15) is 0 Å². The molecule has 0 aromatic carbocycles. The van der Waals surface area contributed by atoms with E-state index in [-0.39, 0.29) is 0 Å². The van der Waals surface area contributed by atoms with Crippen LogP contribution in [0.1, 0.15) is 53.9 Å². The molecule has 0 aliphatic heterocycles. The monoisotopic (exact) mass is 185 g/mol. The van der Waals surface area contributed by atoms with Crippen LogP contribution in [-0.4, -0.2) is 24.0 Å². The van der Waals surface area contributed by atoms with Crippen LogP contribution in [-0.2, 0) is 0 Å². The lowest BCUT2D eigenvalue weighted by Crippen LogP contribution is -2.34. The molecular formula is C12H27N. The average Bonchev–Trinajstić information content (AvgIpc) is 2.02. The summed E-state index contributed by atoms with van der Waals surface area (Å²) in [6.07, 6.45) is 4.08. The standard InChI is InChI=1S/C12H27N/c1-10(2)8-7-9-12(5)13(6)11(3)4/h10-12H,7-9H2,1-6H3/t12-/m0/s1. The van der Waals surface area contributed by atoms with E-state index in [1.807, 2.05) is 0 Å². The van der Waals surface area contributed by atoms with Crippen molar-refractivity contribution in [2.24, 2.45) is 5.92 Å². The van der Waals surface area contributed by atoms with Gasteiger partial charge in [-0.25, -0.2) is 0 Å². The molecule has 0 aliphatic rings. The van der Waals surface area contributed by atoms with Gasteiger partial charge in [0, 0.05) is 12.1 Å². The molecule has 0 spiro atoms. The summed E-state index contributed by atoms with van der Waals surface area (Å²) in [6, 6.07) is 1.41. The Morgan fingerprint density at radius 1 is 0.923 bits per heavy atom. The van der Waals surface area contributed by atoms with E-state index in [1.54, 1.807) is 0 Å². The summed E-state index contributed by atoms with van der Waals surface area (Å²) >= 11 is 0. The van der Waals surface area contributed by atoms with Crippen molar-refractivity contribution >= 4 is 0 Å². The second kappa shape index (κ2) is 6.42. The van der Waals surface area contributed by atoms with Gasteiger partial charge >= 0.3 is 0 Å². The molecular weight excluding hydrogens is 158 g/mol. The SMILES string of the molecule is CC(C)CCC[C@H](C)N(C)C(C)C. The minimum absolute atomic E-state index is 0.675. The maximum absolute atomic E-state index is 2.46. The van der Waals surface area contributed by atoms with Gasteiger partial charge in [0.25, 0.3) is 0 Å². The van der Waals surface area contributed by atoms with Crippen LogP contribution in [0, 0.1) is 5.92 Å². The number of rotatable bonds is 6. The molecule has 13 heavy (non-hydrogen) atoms. The summed E-state index contributed by atoms with van der Waals surface area (Å²) in [6.45, 7) is 11.5. The highest BCUT2D eigenvalue weighted by atomic mass is 15.1. The Morgan fingerprint density at radius 2 is 1.46 bits per heavy atom. The molecule has 0 radical (unpaired) electrons. The van der Waals surface area contributed by atoms with Crippen LogP contribution in [0.25, 0.3) is 0 Å². The molecule has 1 nitrogen and oxygen atoms in total. The molecule has 0 saturated heterocycles. The molecule has 0 aliphatic carbocycles. The van der Waals surface area contributed by atoms with E-state index in [1.165, 1.54) is 19.3 Å². The van der Waals surface area contributed by atoms with E-state index in [0.717, 1.165) is 12.0 Å². The highest BCUT2D eigenvalue weighted by molar-refractivity contribution is 4.66. The molecule has 0 unspecified atom stereocenters. The Bertz CT molecular complexity index is 118. The first-order valence-electron chi connectivity index (χ1n) is 5.67. The maximum Gasteiger partial charge on any atom is 0.00665 e. The van der Waals surface area contributed by atoms with Gasteiger partial charge in [-0.05, 0) is 40.2 Å². The first-order chi connectivity index (χ1) is 5.95. The van der Waals surface area contributed by atoms with Crippen molar-refractivity contribution in [3.8, 4) is 0 Å². The second-order valence-electron chi connectivity index (χ2n) is 4.93. The van der Waals surface area contributed by atoms with Crippen LogP contribution in [0.5, 0.6) is 0 Å². The highest BCUT2D eigenvalue weighted by Crippen LogP contribution is 2.12. The van der Waals surface area contributed by atoms with Gasteiger partial charge in [0.05, 0.1) is 0 Å². The van der Waals surface area contributed by atoms with Crippen molar-refractivity contribution in [3.63, 3.8) is 0 Å². The van der Waals surface area contributed by atoms with Crippen molar-refractivity contribution in [1.82, 2.24) is 4.90 Å². The fraction of sp³-hybridized carbons (Fsp3) is 1.00. The van der Waals surface area contributed by atoms with Crippen LogP contribution in [0.4, 0.5) is 0 Å². The van der Waals surface area contributed by atoms with Gasteiger partial charge < -0.3 is 4.90 Å². The lowest BCUT2D eigenvalue weighted by atomic mass is 10.0. The minimum Gasteiger partial charge on any atom is -0.301 e. The molecule has 0 saturated carbocycles. The third-order valence-corrected chi connectivity index (χ3v) is 2.91. The molecule has 0 aromatic rings. The number of hydrogen-bond donors (Lipinski definition) is 0. The topological polar surface area (TPSA) is 3.24 Å². The van der Waals surface area contributed by atoms with Crippen molar-refractivity contribution in [2.75, 3.05) is 7.05 Å². The van der Waals surface area contributed by atoms with E-state index >= 15 is 0 Å². The Kier molecular flexibility index (Phi) is 6.40. The second-order valence-corrected chi connectivity index (χ2v) is 4.93. The summed E-state index contributed by atoms with van der Waals surface area (Å²) in [5, 5.41) is 0. The number of nitrogens with zero attached hydrogens (tertiary/aromatic N) is 1. The molecule has 0 bridgehead atoms. The van der Waals surface area contributed by atoms with Gasteiger partial charge in [-0.15, -0.1) is 0 Å². The Hall–Kier alpha value is -0.0400. The van der Waals surface area contributed by atoms with Crippen LogP contribution in [0.3, 0.4) is 0 Å². The fourth-order valence-electron chi connectivity index (χ4n) is 1.53.